The lowest BCUT2D eigenvalue weighted by Gasteiger charge is -2.09. The highest BCUT2D eigenvalue weighted by Crippen LogP contribution is 2.22. The highest BCUT2D eigenvalue weighted by Gasteiger charge is 2.11. The third-order valence-electron chi connectivity index (χ3n) is 3.51. The number of carbonyl (C=O) groups is 2. The van der Waals surface area contributed by atoms with Gasteiger partial charge in [-0.15, -0.1) is 0 Å². The molecule has 3 rings (SSSR count). The van der Waals surface area contributed by atoms with Crippen molar-refractivity contribution in [3.05, 3.63) is 89.4 Å². The normalized spacial score (nSPS) is 10.1. The van der Waals surface area contributed by atoms with Crippen molar-refractivity contribution in [1.29, 1.82) is 0 Å². The molecule has 1 amide bonds. The van der Waals surface area contributed by atoms with Crippen LogP contribution >= 0.6 is 11.6 Å². The summed E-state index contributed by atoms with van der Waals surface area (Å²) in [6.45, 7) is -0.395. The molecule has 0 fully saturated rings. The van der Waals surface area contributed by atoms with Crippen LogP contribution < -0.4 is 10.1 Å². The minimum atomic E-state index is -0.612. The molecule has 0 heterocycles. The number of anilines is 1. The first-order valence-corrected chi connectivity index (χ1v) is 8.53. The van der Waals surface area contributed by atoms with Gasteiger partial charge in [0.15, 0.2) is 6.61 Å². The predicted octanol–water partition coefficient (Wildman–Crippen LogP) is 4.93. The molecule has 0 atom stereocenters. The van der Waals surface area contributed by atoms with E-state index < -0.39 is 18.5 Å². The van der Waals surface area contributed by atoms with Crippen LogP contribution in [0.25, 0.3) is 0 Å². The molecule has 0 radical (unpaired) electrons. The van der Waals surface area contributed by atoms with Crippen LogP contribution in [-0.4, -0.2) is 18.5 Å². The Hall–Kier alpha value is -3.31. The van der Waals surface area contributed by atoms with Crippen molar-refractivity contribution in [3.8, 4) is 11.5 Å². The number of rotatable bonds is 6. The molecule has 27 heavy (non-hydrogen) atoms. The summed E-state index contributed by atoms with van der Waals surface area (Å²) < 4.78 is 10.7. The molecule has 1 N–H and O–H groups in total. The number of amides is 1. The zero-order chi connectivity index (χ0) is 19.1. The van der Waals surface area contributed by atoms with E-state index in [-0.39, 0.29) is 5.56 Å². The Morgan fingerprint density at radius 1 is 0.852 bits per heavy atom. The maximum absolute atomic E-state index is 11.9. The molecule has 0 saturated heterocycles. The van der Waals surface area contributed by atoms with E-state index in [0.717, 1.165) is 5.75 Å². The van der Waals surface area contributed by atoms with Gasteiger partial charge in [0.2, 0.25) is 0 Å². The number of para-hydroxylation sites is 1. The van der Waals surface area contributed by atoms with Crippen LogP contribution in [0.15, 0.2) is 78.9 Å². The van der Waals surface area contributed by atoms with Crippen molar-refractivity contribution >= 4 is 29.2 Å². The number of hydrogen-bond acceptors (Lipinski definition) is 4. The lowest BCUT2D eigenvalue weighted by atomic mass is 10.2. The van der Waals surface area contributed by atoms with E-state index in [2.05, 4.69) is 5.32 Å². The molecular weight excluding hydrogens is 366 g/mol. The largest absolute Gasteiger partial charge is 0.457 e. The molecule has 6 heteroatoms. The SMILES string of the molecule is O=C(COC(=O)c1cccc(Cl)c1)Nc1ccc(Oc2ccccc2)cc1. The highest BCUT2D eigenvalue weighted by molar-refractivity contribution is 6.30. The number of benzene rings is 3. The van der Waals surface area contributed by atoms with Gasteiger partial charge in [0.1, 0.15) is 11.5 Å². The molecule has 0 bridgehead atoms. The molecule has 0 aromatic heterocycles. The van der Waals surface area contributed by atoms with Crippen LogP contribution in [-0.2, 0) is 9.53 Å². The van der Waals surface area contributed by atoms with E-state index in [4.69, 9.17) is 21.1 Å². The quantitative estimate of drug-likeness (QED) is 0.615. The summed E-state index contributed by atoms with van der Waals surface area (Å²) in [6.07, 6.45) is 0. The molecule has 5 nitrogen and oxygen atoms in total. The van der Waals surface area contributed by atoms with Crippen LogP contribution in [0.5, 0.6) is 11.5 Å². The average molecular weight is 382 g/mol. The molecule has 3 aromatic carbocycles. The third kappa shape index (κ3) is 5.59. The summed E-state index contributed by atoms with van der Waals surface area (Å²) >= 11 is 5.83. The second-order valence-corrected chi connectivity index (χ2v) is 6.01. The monoisotopic (exact) mass is 381 g/mol. The standard InChI is InChI=1S/C21H16ClNO4/c22-16-6-4-5-15(13-16)21(25)26-14-20(24)23-17-9-11-19(12-10-17)27-18-7-2-1-3-8-18/h1-13H,14H2,(H,23,24). The van der Waals surface area contributed by atoms with Crippen LogP contribution in [0, 0.1) is 0 Å². The third-order valence-corrected chi connectivity index (χ3v) is 3.75. The highest BCUT2D eigenvalue weighted by atomic mass is 35.5. The fourth-order valence-corrected chi connectivity index (χ4v) is 2.45. The number of carbonyl (C=O) groups excluding carboxylic acids is 2. The van der Waals surface area contributed by atoms with Crippen LogP contribution in [0.2, 0.25) is 5.02 Å². The van der Waals surface area contributed by atoms with Crippen LogP contribution in [0.3, 0.4) is 0 Å². The zero-order valence-electron chi connectivity index (χ0n) is 14.2. The van der Waals surface area contributed by atoms with Gasteiger partial charge in [-0.25, -0.2) is 4.79 Å². The Labute approximate surface area is 161 Å². The summed E-state index contributed by atoms with van der Waals surface area (Å²) in [6, 6.07) is 22.6. The molecule has 0 aliphatic rings. The maximum atomic E-state index is 11.9. The van der Waals surface area contributed by atoms with Gasteiger partial charge in [0.05, 0.1) is 5.56 Å². The van der Waals surface area contributed by atoms with Gasteiger partial charge < -0.3 is 14.8 Å². The summed E-state index contributed by atoms with van der Waals surface area (Å²) in [5, 5.41) is 3.08. The van der Waals surface area contributed by atoms with E-state index >= 15 is 0 Å². The number of nitrogens with one attached hydrogen (secondary N) is 1. The van der Waals surface area contributed by atoms with Crippen LogP contribution in [0.1, 0.15) is 10.4 Å². The van der Waals surface area contributed by atoms with Crippen LogP contribution in [0.4, 0.5) is 5.69 Å². The first-order chi connectivity index (χ1) is 13.1. The zero-order valence-corrected chi connectivity index (χ0v) is 15.0. The number of halogens is 1. The lowest BCUT2D eigenvalue weighted by Crippen LogP contribution is -2.20. The number of ether oxygens (including phenoxy) is 2. The van der Waals surface area contributed by atoms with E-state index in [1.165, 1.54) is 6.07 Å². The van der Waals surface area contributed by atoms with E-state index in [1.807, 2.05) is 30.3 Å². The fourth-order valence-electron chi connectivity index (χ4n) is 2.26. The van der Waals surface area contributed by atoms with Gasteiger partial charge in [-0.3, -0.25) is 4.79 Å². The average Bonchev–Trinajstić information content (AvgIpc) is 2.68. The van der Waals surface area contributed by atoms with Crippen molar-refractivity contribution in [1.82, 2.24) is 0 Å². The van der Waals surface area contributed by atoms with Gasteiger partial charge in [0.25, 0.3) is 5.91 Å². The Morgan fingerprint density at radius 2 is 1.56 bits per heavy atom. The van der Waals surface area contributed by atoms with E-state index in [0.29, 0.717) is 16.5 Å². The molecule has 0 saturated carbocycles. The number of esters is 1. The maximum Gasteiger partial charge on any atom is 0.338 e. The molecule has 3 aromatic rings. The summed E-state index contributed by atoms with van der Waals surface area (Å²) in [7, 11) is 0. The first kappa shape index (κ1) is 18.5. The van der Waals surface area contributed by atoms with Gasteiger partial charge in [0, 0.05) is 10.7 Å². The lowest BCUT2D eigenvalue weighted by molar-refractivity contribution is -0.119. The van der Waals surface area contributed by atoms with Gasteiger partial charge in [-0.2, -0.15) is 0 Å². The Balaban J connectivity index is 1.50. The first-order valence-electron chi connectivity index (χ1n) is 8.16. The molecular formula is C21H16ClNO4. The van der Waals surface area contributed by atoms with Crippen molar-refractivity contribution in [2.45, 2.75) is 0 Å². The predicted molar refractivity (Wildman–Crippen MR) is 103 cm³/mol. The molecule has 136 valence electrons. The van der Waals surface area contributed by atoms with Crippen molar-refractivity contribution in [2.75, 3.05) is 11.9 Å². The second-order valence-electron chi connectivity index (χ2n) is 5.57. The Kier molecular flexibility index (Phi) is 6.07. The summed E-state index contributed by atoms with van der Waals surface area (Å²) in [5.74, 6) is 0.315. The van der Waals surface area contributed by atoms with E-state index in [1.54, 1.807) is 42.5 Å². The van der Waals surface area contributed by atoms with Gasteiger partial charge in [-0.05, 0) is 54.6 Å². The van der Waals surface area contributed by atoms with Crippen molar-refractivity contribution in [3.63, 3.8) is 0 Å². The van der Waals surface area contributed by atoms with Gasteiger partial charge in [-0.1, -0.05) is 35.9 Å². The second kappa shape index (κ2) is 8.87. The molecule has 0 aliphatic carbocycles. The Morgan fingerprint density at radius 3 is 2.26 bits per heavy atom. The van der Waals surface area contributed by atoms with E-state index in [9.17, 15) is 9.59 Å². The summed E-state index contributed by atoms with van der Waals surface area (Å²) in [4.78, 5) is 23.8. The summed E-state index contributed by atoms with van der Waals surface area (Å²) in [5.41, 5.74) is 0.858. The molecule has 0 aliphatic heterocycles. The fraction of sp³-hybridized carbons (Fsp3) is 0.0476. The molecule has 0 unspecified atom stereocenters. The van der Waals surface area contributed by atoms with Crippen molar-refractivity contribution in [2.24, 2.45) is 0 Å². The topological polar surface area (TPSA) is 64.6 Å². The molecule has 0 spiro atoms. The smallest absolute Gasteiger partial charge is 0.338 e. The minimum Gasteiger partial charge on any atom is -0.457 e. The Bertz CT molecular complexity index is 926. The van der Waals surface area contributed by atoms with Gasteiger partial charge >= 0.3 is 5.97 Å². The van der Waals surface area contributed by atoms with Crippen molar-refractivity contribution < 1.29 is 19.1 Å². The minimum absolute atomic E-state index is 0.290. The number of hydrogen-bond donors (Lipinski definition) is 1.